The maximum atomic E-state index is 13.2. The number of carbonyl (C=O) groups excluding carboxylic acids is 3. The molecule has 13 heteroatoms. The van der Waals surface area contributed by atoms with E-state index in [2.05, 4.69) is 15.5 Å². The van der Waals surface area contributed by atoms with E-state index in [1.165, 1.54) is 55.7 Å². The zero-order chi connectivity index (χ0) is 28.3. The predicted octanol–water partition coefficient (Wildman–Crippen LogP) is 4.54. The van der Waals surface area contributed by atoms with E-state index < -0.39 is 22.0 Å². The Morgan fingerprint density at radius 2 is 1.68 bits per heavy atom. The highest BCUT2D eigenvalue weighted by molar-refractivity contribution is 7.92. The minimum absolute atomic E-state index is 0.0791. The first kappa shape index (κ1) is 28.1. The molecule has 5 rings (SSSR count). The lowest BCUT2D eigenvalue weighted by atomic mass is 9.97. The number of anilines is 3. The van der Waals surface area contributed by atoms with E-state index in [1.54, 1.807) is 6.07 Å². The highest BCUT2D eigenvalue weighted by Crippen LogP contribution is 2.29. The number of imide groups is 1. The van der Waals surface area contributed by atoms with Crippen LogP contribution in [0.3, 0.4) is 0 Å². The third kappa shape index (κ3) is 6.47. The van der Waals surface area contributed by atoms with Crippen molar-refractivity contribution >= 4 is 67.9 Å². The van der Waals surface area contributed by atoms with Gasteiger partial charge < -0.3 is 15.5 Å². The first-order valence-corrected chi connectivity index (χ1v) is 15.5. The van der Waals surface area contributed by atoms with E-state index in [1.807, 2.05) is 16.9 Å². The lowest BCUT2D eigenvalue weighted by Crippen LogP contribution is -2.42. The van der Waals surface area contributed by atoms with Crippen LogP contribution in [0.2, 0.25) is 4.34 Å². The van der Waals surface area contributed by atoms with E-state index in [9.17, 15) is 22.8 Å². The van der Waals surface area contributed by atoms with Crippen LogP contribution in [0.1, 0.15) is 35.2 Å². The molecule has 1 saturated heterocycles. The van der Waals surface area contributed by atoms with E-state index in [4.69, 9.17) is 11.6 Å². The molecule has 1 aromatic heterocycles. The second kappa shape index (κ2) is 12.0. The first-order valence-electron chi connectivity index (χ1n) is 12.9. The Labute approximate surface area is 241 Å². The van der Waals surface area contributed by atoms with Crippen molar-refractivity contribution in [1.29, 1.82) is 0 Å². The van der Waals surface area contributed by atoms with Gasteiger partial charge in [0.15, 0.2) is 0 Å². The molecule has 3 aromatic rings. The summed E-state index contributed by atoms with van der Waals surface area (Å²) in [5.74, 6) is -0.785. The summed E-state index contributed by atoms with van der Waals surface area (Å²) in [6.45, 7) is 4.00. The third-order valence-corrected chi connectivity index (χ3v) is 9.81. The normalized spacial score (nSPS) is 16.0. The first-order chi connectivity index (χ1) is 19.2. The minimum Gasteiger partial charge on any atom is -0.384 e. The molecule has 10 nitrogen and oxygen atoms in total. The number of rotatable bonds is 8. The van der Waals surface area contributed by atoms with Crippen LogP contribution in [0.5, 0.6) is 0 Å². The molecule has 1 fully saturated rings. The summed E-state index contributed by atoms with van der Waals surface area (Å²) in [6.07, 6.45) is 3.86. The molecule has 0 radical (unpaired) electrons. The number of hydrogen-bond donors (Lipinski definition) is 3. The van der Waals surface area contributed by atoms with Crippen molar-refractivity contribution in [3.63, 3.8) is 0 Å². The number of carbonyl (C=O) groups is 3. The van der Waals surface area contributed by atoms with Gasteiger partial charge >= 0.3 is 6.03 Å². The van der Waals surface area contributed by atoms with Gasteiger partial charge in [0.25, 0.3) is 15.9 Å². The molecule has 0 bridgehead atoms. The van der Waals surface area contributed by atoms with Crippen molar-refractivity contribution < 1.29 is 22.8 Å². The highest BCUT2D eigenvalue weighted by atomic mass is 35.5. The fourth-order valence-electron chi connectivity index (χ4n) is 4.80. The molecule has 2 aromatic carbocycles. The van der Waals surface area contributed by atoms with E-state index in [0.29, 0.717) is 16.8 Å². The highest BCUT2D eigenvalue weighted by Gasteiger charge is 2.32. The molecule has 0 aliphatic carbocycles. The predicted molar refractivity (Wildman–Crippen MR) is 156 cm³/mol. The van der Waals surface area contributed by atoms with Crippen molar-refractivity contribution in [2.45, 2.75) is 29.9 Å². The van der Waals surface area contributed by atoms with Gasteiger partial charge in [0, 0.05) is 30.0 Å². The maximum absolute atomic E-state index is 13.2. The largest absolute Gasteiger partial charge is 0.384 e. The Balaban J connectivity index is 1.20. The van der Waals surface area contributed by atoms with Crippen molar-refractivity contribution in [2.75, 3.05) is 41.7 Å². The number of halogens is 1. The summed E-state index contributed by atoms with van der Waals surface area (Å²) in [6, 6.07) is 13.2. The van der Waals surface area contributed by atoms with Gasteiger partial charge in [-0.3, -0.25) is 9.59 Å². The number of likely N-dealkylation sites (tertiary alicyclic amines) is 1. The van der Waals surface area contributed by atoms with Gasteiger partial charge in [0.1, 0.15) is 4.21 Å². The van der Waals surface area contributed by atoms with Crippen molar-refractivity contribution in [1.82, 2.24) is 9.62 Å². The smallest absolute Gasteiger partial charge is 0.333 e. The van der Waals surface area contributed by atoms with Gasteiger partial charge in [-0.05, 0) is 86.1 Å². The second-order valence-electron chi connectivity index (χ2n) is 9.58. The van der Waals surface area contributed by atoms with Crippen LogP contribution in [-0.2, 0) is 21.2 Å². The zero-order valence-corrected chi connectivity index (χ0v) is 23.9. The summed E-state index contributed by atoms with van der Waals surface area (Å²) in [5.41, 5.74) is 2.64. The molecule has 0 unspecified atom stereocenters. The topological polar surface area (TPSA) is 128 Å². The van der Waals surface area contributed by atoms with Gasteiger partial charge in [0.05, 0.1) is 16.4 Å². The van der Waals surface area contributed by atoms with Gasteiger partial charge in [-0.15, -0.1) is 11.3 Å². The van der Waals surface area contributed by atoms with Gasteiger partial charge in [-0.1, -0.05) is 18.0 Å². The average Bonchev–Trinajstić information content (AvgIpc) is 3.37. The van der Waals surface area contributed by atoms with Crippen molar-refractivity contribution in [2.24, 2.45) is 0 Å². The molecule has 2 aliphatic heterocycles. The monoisotopic (exact) mass is 601 g/mol. The molecular formula is C27H28ClN5O5S2. The maximum Gasteiger partial charge on any atom is 0.333 e. The van der Waals surface area contributed by atoms with Gasteiger partial charge in [-0.25, -0.2) is 22.8 Å². The SMILES string of the molecule is O=C(Nc1ccc(N2C(=O)Cc3cc(NCCN4CCCCC4)ccc3C2=O)cc1)NS(=O)(=O)c1ccc(Cl)s1. The summed E-state index contributed by atoms with van der Waals surface area (Å²) in [7, 11) is -4.07. The lowest BCUT2D eigenvalue weighted by molar-refractivity contribution is -0.117. The Morgan fingerprint density at radius 1 is 0.950 bits per heavy atom. The Kier molecular flexibility index (Phi) is 8.40. The van der Waals surface area contributed by atoms with Crippen LogP contribution in [0, 0.1) is 0 Å². The fourth-order valence-corrected chi connectivity index (χ4v) is 7.19. The molecular weight excluding hydrogens is 574 g/mol. The molecule has 4 amide bonds. The van der Waals surface area contributed by atoms with Crippen LogP contribution >= 0.6 is 22.9 Å². The van der Waals surface area contributed by atoms with E-state index in [0.717, 1.165) is 48.1 Å². The van der Waals surface area contributed by atoms with E-state index >= 15 is 0 Å². The quantitative estimate of drug-likeness (QED) is 0.323. The number of nitrogens with zero attached hydrogens (tertiary/aromatic N) is 2. The van der Waals surface area contributed by atoms with Gasteiger partial charge in [-0.2, -0.15) is 0 Å². The molecule has 3 N–H and O–H groups in total. The number of urea groups is 1. The summed E-state index contributed by atoms with van der Waals surface area (Å²) in [4.78, 5) is 42.0. The fraction of sp³-hybridized carbons (Fsp3) is 0.296. The Morgan fingerprint density at radius 3 is 2.38 bits per heavy atom. The number of piperidine rings is 1. The third-order valence-electron chi connectivity index (χ3n) is 6.76. The average molecular weight is 602 g/mol. The Bertz CT molecular complexity index is 1530. The van der Waals surface area contributed by atoms with Crippen LogP contribution in [0.25, 0.3) is 0 Å². The number of nitrogens with one attached hydrogen (secondary N) is 3. The molecule has 210 valence electrons. The molecule has 3 heterocycles. The summed E-state index contributed by atoms with van der Waals surface area (Å²) in [5, 5.41) is 5.83. The number of benzene rings is 2. The number of hydrogen-bond acceptors (Lipinski definition) is 8. The molecule has 40 heavy (non-hydrogen) atoms. The second-order valence-corrected chi connectivity index (χ2v) is 13.2. The van der Waals surface area contributed by atoms with Gasteiger partial charge in [0.2, 0.25) is 5.91 Å². The summed E-state index contributed by atoms with van der Waals surface area (Å²) < 4.78 is 26.7. The van der Waals surface area contributed by atoms with Crippen LogP contribution < -0.4 is 20.3 Å². The number of thiophene rings is 1. The van der Waals surface area contributed by atoms with Crippen LogP contribution in [-0.4, -0.2) is 57.3 Å². The molecule has 0 atom stereocenters. The van der Waals surface area contributed by atoms with Crippen LogP contribution in [0.4, 0.5) is 21.9 Å². The lowest BCUT2D eigenvalue weighted by Gasteiger charge is -2.28. The zero-order valence-electron chi connectivity index (χ0n) is 21.5. The number of sulfonamides is 1. The standard InChI is InChI=1S/C27H28ClN5O5S2/c28-23-10-11-25(39-23)40(37,38)31-27(36)30-19-4-7-21(8-5-19)33-24(34)17-18-16-20(6-9-22(18)26(33)35)29-12-15-32-13-2-1-3-14-32/h4-11,16,29H,1-3,12-15,17H2,(H2,30,31,36). The molecule has 2 aliphatic rings. The number of amides is 4. The minimum atomic E-state index is -4.07. The van der Waals surface area contributed by atoms with E-state index in [-0.39, 0.29) is 26.6 Å². The Hall–Kier alpha value is -3.45. The number of fused-ring (bicyclic) bond motifs is 1. The summed E-state index contributed by atoms with van der Waals surface area (Å²) >= 11 is 6.61. The van der Waals surface area contributed by atoms with Crippen molar-refractivity contribution in [3.05, 3.63) is 70.1 Å². The molecule has 0 saturated carbocycles. The van der Waals surface area contributed by atoms with Crippen molar-refractivity contribution in [3.8, 4) is 0 Å². The molecule has 0 spiro atoms. The van der Waals surface area contributed by atoms with Crippen LogP contribution in [0.15, 0.2) is 58.8 Å².